The molecular formula is C12H10ClNO3. The number of hydrogen-bond donors (Lipinski definition) is 1. The van der Waals surface area contributed by atoms with Crippen LogP contribution in [0.4, 0.5) is 0 Å². The molecule has 0 aliphatic carbocycles. The molecule has 0 aliphatic heterocycles. The molecule has 1 aromatic heterocycles. The molecule has 0 saturated heterocycles. The number of carboxylic acids is 1. The van der Waals surface area contributed by atoms with Crippen molar-refractivity contribution in [2.45, 2.75) is 0 Å². The van der Waals surface area contributed by atoms with Crippen LogP contribution in [0.5, 0.6) is 5.75 Å². The van der Waals surface area contributed by atoms with E-state index in [0.717, 1.165) is 0 Å². The van der Waals surface area contributed by atoms with Crippen LogP contribution in [0.1, 0.15) is 10.5 Å². The van der Waals surface area contributed by atoms with E-state index >= 15 is 0 Å². The third-order valence-electron chi connectivity index (χ3n) is 2.38. The standard InChI is InChI=1S/C12H10ClNO3/c1-17-8-4-5-9(13)11(7-8)14-6-2-3-10(14)12(15)16/h2-7H,1H3,(H,15,16). The summed E-state index contributed by atoms with van der Waals surface area (Å²) in [7, 11) is 1.54. The molecule has 4 nitrogen and oxygen atoms in total. The van der Waals surface area contributed by atoms with E-state index in [-0.39, 0.29) is 5.69 Å². The van der Waals surface area contributed by atoms with E-state index in [1.165, 1.54) is 10.6 Å². The highest BCUT2D eigenvalue weighted by Gasteiger charge is 2.13. The topological polar surface area (TPSA) is 51.5 Å². The van der Waals surface area contributed by atoms with Gasteiger partial charge in [0.05, 0.1) is 17.8 Å². The fraction of sp³-hybridized carbons (Fsp3) is 0.0833. The molecule has 17 heavy (non-hydrogen) atoms. The Kier molecular flexibility index (Phi) is 3.06. The van der Waals surface area contributed by atoms with Crippen LogP contribution in [-0.2, 0) is 0 Å². The molecule has 0 aliphatic rings. The van der Waals surface area contributed by atoms with E-state index in [1.54, 1.807) is 37.6 Å². The summed E-state index contributed by atoms with van der Waals surface area (Å²) in [5, 5.41) is 9.50. The number of halogens is 1. The second kappa shape index (κ2) is 4.51. The van der Waals surface area contributed by atoms with Crippen molar-refractivity contribution < 1.29 is 14.6 Å². The van der Waals surface area contributed by atoms with Gasteiger partial charge in [-0.2, -0.15) is 0 Å². The molecule has 0 atom stereocenters. The lowest BCUT2D eigenvalue weighted by Crippen LogP contribution is -2.06. The minimum atomic E-state index is -1.01. The van der Waals surface area contributed by atoms with Gasteiger partial charge in [-0.25, -0.2) is 4.79 Å². The Hall–Kier alpha value is -1.94. The maximum absolute atomic E-state index is 11.0. The fourth-order valence-electron chi connectivity index (χ4n) is 1.57. The fourth-order valence-corrected chi connectivity index (χ4v) is 1.78. The predicted octanol–water partition coefficient (Wildman–Crippen LogP) is 2.84. The lowest BCUT2D eigenvalue weighted by Gasteiger charge is -2.10. The van der Waals surface area contributed by atoms with Crippen LogP contribution in [0.3, 0.4) is 0 Å². The Labute approximate surface area is 103 Å². The number of ether oxygens (including phenoxy) is 1. The van der Waals surface area contributed by atoms with E-state index in [4.69, 9.17) is 21.4 Å². The van der Waals surface area contributed by atoms with Crippen LogP contribution < -0.4 is 4.74 Å². The Bertz CT molecular complexity index is 563. The molecule has 1 N–H and O–H groups in total. The molecule has 0 spiro atoms. The zero-order valence-electron chi connectivity index (χ0n) is 9.05. The van der Waals surface area contributed by atoms with Crippen molar-refractivity contribution in [2.75, 3.05) is 7.11 Å². The summed E-state index contributed by atoms with van der Waals surface area (Å²) in [6, 6.07) is 8.24. The average Bonchev–Trinajstić information content (AvgIpc) is 2.78. The smallest absolute Gasteiger partial charge is 0.352 e. The Balaban J connectivity index is 2.59. The quantitative estimate of drug-likeness (QED) is 0.913. The number of methoxy groups -OCH3 is 1. The van der Waals surface area contributed by atoms with Crippen molar-refractivity contribution in [1.82, 2.24) is 4.57 Å². The van der Waals surface area contributed by atoms with Gasteiger partial charge in [-0.05, 0) is 24.3 Å². The summed E-state index contributed by atoms with van der Waals surface area (Å²) in [6.45, 7) is 0. The minimum absolute atomic E-state index is 0.153. The van der Waals surface area contributed by atoms with Gasteiger partial charge in [0.1, 0.15) is 11.4 Å². The van der Waals surface area contributed by atoms with Gasteiger partial charge in [0.2, 0.25) is 0 Å². The van der Waals surface area contributed by atoms with Crippen LogP contribution >= 0.6 is 11.6 Å². The zero-order chi connectivity index (χ0) is 12.4. The maximum Gasteiger partial charge on any atom is 0.352 e. The molecule has 0 fully saturated rings. The van der Waals surface area contributed by atoms with Crippen LogP contribution in [0.15, 0.2) is 36.5 Å². The molecule has 0 unspecified atom stereocenters. The highest BCUT2D eigenvalue weighted by atomic mass is 35.5. The summed E-state index contributed by atoms with van der Waals surface area (Å²) in [5.74, 6) is -0.386. The molecule has 0 radical (unpaired) electrons. The van der Waals surface area contributed by atoms with Crippen molar-refractivity contribution in [1.29, 1.82) is 0 Å². The monoisotopic (exact) mass is 251 g/mol. The molecule has 0 bridgehead atoms. The number of carboxylic acid groups (broad SMARTS) is 1. The first kappa shape index (κ1) is 11.5. The molecule has 1 heterocycles. The predicted molar refractivity (Wildman–Crippen MR) is 64.3 cm³/mol. The van der Waals surface area contributed by atoms with E-state index in [9.17, 15) is 4.79 Å². The second-order valence-corrected chi connectivity index (χ2v) is 3.79. The summed E-state index contributed by atoms with van der Waals surface area (Å²) >= 11 is 6.05. The number of aromatic carboxylic acids is 1. The number of rotatable bonds is 3. The van der Waals surface area contributed by atoms with Gasteiger partial charge in [0, 0.05) is 12.3 Å². The highest BCUT2D eigenvalue weighted by molar-refractivity contribution is 6.32. The summed E-state index contributed by atoms with van der Waals surface area (Å²) in [6.07, 6.45) is 1.64. The molecule has 0 saturated carbocycles. The van der Waals surface area contributed by atoms with Crippen LogP contribution in [0, 0.1) is 0 Å². The molecule has 0 amide bonds. The number of carbonyl (C=O) groups is 1. The number of benzene rings is 1. The molecule has 1 aromatic carbocycles. The van der Waals surface area contributed by atoms with Crippen LogP contribution in [-0.4, -0.2) is 22.8 Å². The lowest BCUT2D eigenvalue weighted by molar-refractivity contribution is 0.0688. The highest BCUT2D eigenvalue weighted by Crippen LogP contribution is 2.26. The zero-order valence-corrected chi connectivity index (χ0v) is 9.81. The van der Waals surface area contributed by atoms with E-state index in [2.05, 4.69) is 0 Å². The van der Waals surface area contributed by atoms with E-state index < -0.39 is 5.97 Å². The molecule has 5 heteroatoms. The number of hydrogen-bond acceptors (Lipinski definition) is 2. The first-order chi connectivity index (χ1) is 8.13. The largest absolute Gasteiger partial charge is 0.497 e. The molecule has 88 valence electrons. The van der Waals surface area contributed by atoms with E-state index in [0.29, 0.717) is 16.5 Å². The molecular weight excluding hydrogens is 242 g/mol. The third kappa shape index (κ3) is 2.12. The normalized spacial score (nSPS) is 10.2. The van der Waals surface area contributed by atoms with Crippen molar-refractivity contribution >= 4 is 17.6 Å². The van der Waals surface area contributed by atoms with Gasteiger partial charge < -0.3 is 14.4 Å². The Morgan fingerprint density at radius 1 is 1.41 bits per heavy atom. The van der Waals surface area contributed by atoms with E-state index in [1.807, 2.05) is 0 Å². The summed E-state index contributed by atoms with van der Waals surface area (Å²) in [5.41, 5.74) is 0.730. The van der Waals surface area contributed by atoms with Crippen molar-refractivity contribution in [3.8, 4) is 11.4 Å². The number of aromatic nitrogens is 1. The minimum Gasteiger partial charge on any atom is -0.497 e. The molecule has 2 aromatic rings. The van der Waals surface area contributed by atoms with Gasteiger partial charge in [0.25, 0.3) is 0 Å². The first-order valence-electron chi connectivity index (χ1n) is 4.88. The maximum atomic E-state index is 11.0. The second-order valence-electron chi connectivity index (χ2n) is 3.39. The van der Waals surface area contributed by atoms with Crippen molar-refractivity contribution in [2.24, 2.45) is 0 Å². The van der Waals surface area contributed by atoms with Gasteiger partial charge in [0.15, 0.2) is 0 Å². The van der Waals surface area contributed by atoms with Gasteiger partial charge >= 0.3 is 5.97 Å². The van der Waals surface area contributed by atoms with Gasteiger partial charge in [-0.3, -0.25) is 0 Å². The third-order valence-corrected chi connectivity index (χ3v) is 2.70. The Morgan fingerprint density at radius 3 is 2.82 bits per heavy atom. The SMILES string of the molecule is COc1ccc(Cl)c(-n2cccc2C(=O)O)c1. The molecule has 2 rings (SSSR count). The lowest BCUT2D eigenvalue weighted by atomic mass is 10.3. The van der Waals surface area contributed by atoms with Crippen LogP contribution in [0.2, 0.25) is 5.02 Å². The van der Waals surface area contributed by atoms with Crippen molar-refractivity contribution in [3.63, 3.8) is 0 Å². The first-order valence-corrected chi connectivity index (χ1v) is 5.26. The average molecular weight is 252 g/mol. The van der Waals surface area contributed by atoms with Crippen LogP contribution in [0.25, 0.3) is 5.69 Å². The number of nitrogens with zero attached hydrogens (tertiary/aromatic N) is 1. The summed E-state index contributed by atoms with van der Waals surface area (Å²) in [4.78, 5) is 11.0. The Morgan fingerprint density at radius 2 is 2.18 bits per heavy atom. The van der Waals surface area contributed by atoms with Crippen molar-refractivity contribution in [3.05, 3.63) is 47.2 Å². The van der Waals surface area contributed by atoms with Gasteiger partial charge in [-0.15, -0.1) is 0 Å². The van der Waals surface area contributed by atoms with Gasteiger partial charge in [-0.1, -0.05) is 11.6 Å². The summed E-state index contributed by atoms with van der Waals surface area (Å²) < 4.78 is 6.60.